The van der Waals surface area contributed by atoms with E-state index in [9.17, 15) is 0 Å². The zero-order valence-electron chi connectivity index (χ0n) is 5.91. The normalized spacial score (nSPS) is 7.50. The summed E-state index contributed by atoms with van der Waals surface area (Å²) in [5, 5.41) is 0. The summed E-state index contributed by atoms with van der Waals surface area (Å²) in [7, 11) is 0. The molecular formula is C6H15IO. The van der Waals surface area contributed by atoms with E-state index in [4.69, 9.17) is 4.74 Å². The molecule has 0 fully saturated rings. The SMILES string of the molecule is CCI.CCOCC. The van der Waals surface area contributed by atoms with E-state index in [1.807, 2.05) is 13.8 Å². The van der Waals surface area contributed by atoms with Crippen LogP contribution in [0.3, 0.4) is 0 Å². The lowest BCUT2D eigenvalue weighted by molar-refractivity contribution is 0.162. The van der Waals surface area contributed by atoms with Gasteiger partial charge in [0.15, 0.2) is 0 Å². The molecule has 8 heavy (non-hydrogen) atoms. The summed E-state index contributed by atoms with van der Waals surface area (Å²) < 4.78 is 6.05. The van der Waals surface area contributed by atoms with Crippen molar-refractivity contribution in [3.63, 3.8) is 0 Å². The molecule has 1 nitrogen and oxygen atoms in total. The average Bonchev–Trinajstić information content (AvgIpc) is 1.71. The molecule has 0 aromatic heterocycles. The largest absolute Gasteiger partial charge is 0.382 e. The van der Waals surface area contributed by atoms with Crippen LogP contribution in [0.25, 0.3) is 0 Å². The Hall–Kier alpha value is 0.690. The zero-order valence-corrected chi connectivity index (χ0v) is 8.07. The maximum absolute atomic E-state index is 4.83. The molecule has 2 heteroatoms. The highest BCUT2D eigenvalue weighted by atomic mass is 127. The van der Waals surface area contributed by atoms with Crippen LogP contribution in [0.15, 0.2) is 0 Å². The van der Waals surface area contributed by atoms with Crippen LogP contribution in [0, 0.1) is 0 Å². The standard InChI is InChI=1S/C4H10O.C2H5I/c1-3-5-4-2;1-2-3/h3-4H2,1-2H3;2H2,1H3. The molecule has 0 spiro atoms. The maximum atomic E-state index is 4.83. The number of alkyl halides is 1. The first-order valence-corrected chi connectivity index (χ1v) is 4.49. The third-order valence-electron chi connectivity index (χ3n) is 0.408. The Bertz CT molecular complexity index is 22.5. The first kappa shape index (κ1) is 11.5. The van der Waals surface area contributed by atoms with Gasteiger partial charge in [0.25, 0.3) is 0 Å². The molecule has 0 saturated heterocycles. The quantitative estimate of drug-likeness (QED) is 0.523. The summed E-state index contributed by atoms with van der Waals surface area (Å²) in [4.78, 5) is 0. The second kappa shape index (κ2) is 15.6. The van der Waals surface area contributed by atoms with Crippen molar-refractivity contribution >= 4 is 22.6 Å². The third-order valence-corrected chi connectivity index (χ3v) is 0.408. The summed E-state index contributed by atoms with van der Waals surface area (Å²) in [5.74, 6) is 0. The molecule has 0 saturated carbocycles. The minimum absolute atomic E-state index is 0.844. The summed E-state index contributed by atoms with van der Waals surface area (Å²) in [6.07, 6.45) is 0. The lowest BCUT2D eigenvalue weighted by Crippen LogP contribution is -1.84. The Kier molecular flexibility index (Phi) is 22.5. The van der Waals surface area contributed by atoms with Crippen LogP contribution < -0.4 is 0 Å². The second-order valence-electron chi connectivity index (χ2n) is 1.05. The van der Waals surface area contributed by atoms with Gasteiger partial charge in [-0.25, -0.2) is 0 Å². The summed E-state index contributed by atoms with van der Waals surface area (Å²) in [6, 6.07) is 0. The van der Waals surface area contributed by atoms with Gasteiger partial charge in [-0.1, -0.05) is 29.5 Å². The number of hydrogen-bond acceptors (Lipinski definition) is 1. The van der Waals surface area contributed by atoms with E-state index in [0.29, 0.717) is 0 Å². The molecule has 0 unspecified atom stereocenters. The van der Waals surface area contributed by atoms with Crippen LogP contribution in [0.1, 0.15) is 20.8 Å². The van der Waals surface area contributed by atoms with Gasteiger partial charge in [0.05, 0.1) is 0 Å². The number of hydrogen-bond donors (Lipinski definition) is 0. The number of halogens is 1. The summed E-state index contributed by atoms with van der Waals surface area (Å²) >= 11 is 2.29. The predicted octanol–water partition coefficient (Wildman–Crippen LogP) is 2.48. The highest BCUT2D eigenvalue weighted by Gasteiger charge is 1.64. The molecule has 0 bridgehead atoms. The highest BCUT2D eigenvalue weighted by molar-refractivity contribution is 14.1. The van der Waals surface area contributed by atoms with Gasteiger partial charge in [-0.05, 0) is 18.3 Å². The van der Waals surface area contributed by atoms with Crippen molar-refractivity contribution in [3.05, 3.63) is 0 Å². The molecule has 0 N–H and O–H groups in total. The Morgan fingerprint density at radius 2 is 1.38 bits per heavy atom. The molecule has 0 aliphatic carbocycles. The molecule has 52 valence electrons. The molecule has 0 aliphatic heterocycles. The molecule has 0 atom stereocenters. The molecular weight excluding hydrogens is 215 g/mol. The van der Waals surface area contributed by atoms with Gasteiger partial charge in [0.2, 0.25) is 0 Å². The Labute approximate surface area is 65.9 Å². The molecule has 0 amide bonds. The van der Waals surface area contributed by atoms with Crippen molar-refractivity contribution in [1.82, 2.24) is 0 Å². The smallest absolute Gasteiger partial charge is 0.0437 e. The number of ether oxygens (including phenoxy) is 1. The van der Waals surface area contributed by atoms with Crippen LogP contribution in [0.4, 0.5) is 0 Å². The first-order valence-electron chi connectivity index (χ1n) is 2.97. The van der Waals surface area contributed by atoms with Crippen molar-refractivity contribution in [2.75, 3.05) is 17.6 Å². The van der Waals surface area contributed by atoms with E-state index in [-0.39, 0.29) is 0 Å². The van der Waals surface area contributed by atoms with Crippen molar-refractivity contribution in [3.8, 4) is 0 Å². The molecule has 0 aromatic rings. The molecule has 0 aliphatic rings. The zero-order chi connectivity index (χ0) is 6.83. The van der Waals surface area contributed by atoms with Crippen molar-refractivity contribution in [1.29, 1.82) is 0 Å². The van der Waals surface area contributed by atoms with Gasteiger partial charge in [-0.3, -0.25) is 0 Å². The van der Waals surface area contributed by atoms with Gasteiger partial charge in [0.1, 0.15) is 0 Å². The van der Waals surface area contributed by atoms with Gasteiger partial charge >= 0.3 is 0 Å². The van der Waals surface area contributed by atoms with Crippen LogP contribution in [-0.2, 0) is 4.74 Å². The molecule has 0 rings (SSSR count). The average molecular weight is 230 g/mol. The van der Waals surface area contributed by atoms with Crippen molar-refractivity contribution in [2.24, 2.45) is 0 Å². The molecule has 0 radical (unpaired) electrons. The van der Waals surface area contributed by atoms with Gasteiger partial charge in [0, 0.05) is 13.2 Å². The van der Waals surface area contributed by atoms with Gasteiger partial charge in [-0.15, -0.1) is 0 Å². The Morgan fingerprint density at radius 1 is 1.12 bits per heavy atom. The van der Waals surface area contributed by atoms with Crippen molar-refractivity contribution < 1.29 is 4.74 Å². The highest BCUT2D eigenvalue weighted by Crippen LogP contribution is 1.69. The van der Waals surface area contributed by atoms with E-state index < -0.39 is 0 Å². The number of rotatable bonds is 2. The van der Waals surface area contributed by atoms with Crippen LogP contribution in [0.2, 0.25) is 0 Å². The minimum atomic E-state index is 0.844. The van der Waals surface area contributed by atoms with E-state index in [0.717, 1.165) is 13.2 Å². The summed E-state index contributed by atoms with van der Waals surface area (Å²) in [6.45, 7) is 7.78. The van der Waals surface area contributed by atoms with Crippen LogP contribution in [0.5, 0.6) is 0 Å². The van der Waals surface area contributed by atoms with E-state index >= 15 is 0 Å². The van der Waals surface area contributed by atoms with Gasteiger partial charge in [-0.2, -0.15) is 0 Å². The van der Waals surface area contributed by atoms with Gasteiger partial charge < -0.3 is 4.74 Å². The second-order valence-corrected chi connectivity index (χ2v) is 2.57. The topological polar surface area (TPSA) is 9.23 Å². The van der Waals surface area contributed by atoms with E-state index in [1.165, 1.54) is 4.43 Å². The fourth-order valence-electron chi connectivity index (χ4n) is 0.204. The third kappa shape index (κ3) is 29.9. The minimum Gasteiger partial charge on any atom is -0.382 e. The predicted molar refractivity (Wildman–Crippen MR) is 46.7 cm³/mol. The molecule has 0 aromatic carbocycles. The Morgan fingerprint density at radius 3 is 1.38 bits per heavy atom. The fraction of sp³-hybridized carbons (Fsp3) is 1.00. The summed E-state index contributed by atoms with van der Waals surface area (Å²) in [5.41, 5.74) is 0. The van der Waals surface area contributed by atoms with Crippen molar-refractivity contribution in [2.45, 2.75) is 20.8 Å². The fourth-order valence-corrected chi connectivity index (χ4v) is 0.204. The Balaban J connectivity index is 0. The monoisotopic (exact) mass is 230 g/mol. The first-order chi connectivity index (χ1) is 3.83. The van der Waals surface area contributed by atoms with Crippen LogP contribution in [-0.4, -0.2) is 17.6 Å². The van der Waals surface area contributed by atoms with E-state index in [2.05, 4.69) is 29.5 Å². The van der Waals surface area contributed by atoms with E-state index in [1.54, 1.807) is 0 Å². The maximum Gasteiger partial charge on any atom is 0.0437 e. The lowest BCUT2D eigenvalue weighted by atomic mass is 10.8. The molecule has 0 heterocycles. The van der Waals surface area contributed by atoms with Crippen LogP contribution >= 0.6 is 22.6 Å². The lowest BCUT2D eigenvalue weighted by Gasteiger charge is -1.86.